The van der Waals surface area contributed by atoms with Gasteiger partial charge in [0.25, 0.3) is 0 Å². The Labute approximate surface area is 133 Å². The van der Waals surface area contributed by atoms with Crippen molar-refractivity contribution in [3.05, 3.63) is 53.7 Å². The Morgan fingerprint density at radius 2 is 2.04 bits per heavy atom. The number of benzene rings is 1. The molecule has 0 aliphatic carbocycles. The van der Waals surface area contributed by atoms with Gasteiger partial charge in [-0.2, -0.15) is 4.98 Å². The van der Waals surface area contributed by atoms with Crippen LogP contribution in [-0.4, -0.2) is 31.6 Å². The summed E-state index contributed by atoms with van der Waals surface area (Å²) in [6, 6.07) is 9.81. The Morgan fingerprint density at radius 3 is 2.91 bits per heavy atom. The van der Waals surface area contributed by atoms with E-state index in [1.165, 1.54) is 0 Å². The van der Waals surface area contributed by atoms with Crippen LogP contribution < -0.4 is 5.73 Å². The van der Waals surface area contributed by atoms with Crippen molar-refractivity contribution in [1.82, 2.24) is 25.0 Å². The van der Waals surface area contributed by atoms with E-state index in [0.717, 1.165) is 36.3 Å². The van der Waals surface area contributed by atoms with Crippen molar-refractivity contribution in [2.45, 2.75) is 19.5 Å². The van der Waals surface area contributed by atoms with Crippen molar-refractivity contribution in [3.8, 4) is 11.4 Å². The first kappa shape index (κ1) is 13.8. The van der Waals surface area contributed by atoms with Gasteiger partial charge in [-0.3, -0.25) is 4.90 Å². The number of aromatic nitrogens is 4. The highest BCUT2D eigenvalue weighted by molar-refractivity contribution is 5.53. The predicted molar refractivity (Wildman–Crippen MR) is 84.0 cm³/mol. The van der Waals surface area contributed by atoms with Gasteiger partial charge in [0.15, 0.2) is 0 Å². The van der Waals surface area contributed by atoms with Crippen molar-refractivity contribution >= 4 is 5.95 Å². The van der Waals surface area contributed by atoms with Crippen LogP contribution in [0.25, 0.3) is 11.4 Å². The molecule has 3 heterocycles. The van der Waals surface area contributed by atoms with Gasteiger partial charge >= 0.3 is 0 Å². The zero-order valence-electron chi connectivity index (χ0n) is 12.5. The number of nitrogen functional groups attached to an aromatic ring is 1. The maximum Gasteiger partial charge on any atom is 0.241 e. The molecule has 0 saturated carbocycles. The molecule has 116 valence electrons. The Bertz CT molecular complexity index is 816. The summed E-state index contributed by atoms with van der Waals surface area (Å²) in [4.78, 5) is 15.1. The average molecular weight is 308 g/mol. The Morgan fingerprint density at radius 1 is 1.17 bits per heavy atom. The lowest BCUT2D eigenvalue weighted by molar-refractivity contribution is 0.209. The molecule has 2 aromatic heterocycles. The van der Waals surface area contributed by atoms with Crippen LogP contribution in [0.15, 0.2) is 41.1 Å². The molecule has 1 aliphatic heterocycles. The molecule has 2 N–H and O–H groups in total. The normalized spacial score (nSPS) is 14.6. The number of anilines is 1. The van der Waals surface area contributed by atoms with E-state index in [1.54, 1.807) is 6.20 Å². The maximum absolute atomic E-state index is 5.63. The van der Waals surface area contributed by atoms with E-state index in [0.29, 0.717) is 24.2 Å². The van der Waals surface area contributed by atoms with Gasteiger partial charge in [0.05, 0.1) is 12.2 Å². The molecule has 1 aromatic carbocycles. The SMILES string of the molecule is Nc1ncc2c(n1)CCN(Cc1nc(-c3ccccc3)no1)C2. The molecule has 0 radical (unpaired) electrons. The summed E-state index contributed by atoms with van der Waals surface area (Å²) in [7, 11) is 0. The monoisotopic (exact) mass is 308 g/mol. The van der Waals surface area contributed by atoms with Crippen LogP contribution in [-0.2, 0) is 19.5 Å². The molecule has 7 nitrogen and oxygen atoms in total. The van der Waals surface area contributed by atoms with Gasteiger partial charge in [0.2, 0.25) is 17.7 Å². The minimum absolute atomic E-state index is 0.335. The Kier molecular flexibility index (Phi) is 3.47. The third-order valence-electron chi connectivity index (χ3n) is 3.89. The third kappa shape index (κ3) is 2.91. The van der Waals surface area contributed by atoms with E-state index < -0.39 is 0 Å². The highest BCUT2D eigenvalue weighted by atomic mass is 16.5. The van der Waals surface area contributed by atoms with Gasteiger partial charge in [-0.1, -0.05) is 35.5 Å². The second kappa shape index (κ2) is 5.77. The molecule has 4 rings (SSSR count). The Hall–Kier alpha value is -2.80. The molecule has 0 saturated heterocycles. The first-order chi connectivity index (χ1) is 11.3. The number of nitrogens with zero attached hydrogens (tertiary/aromatic N) is 5. The lowest BCUT2D eigenvalue weighted by atomic mass is 10.1. The number of hydrogen-bond acceptors (Lipinski definition) is 7. The van der Waals surface area contributed by atoms with Gasteiger partial charge in [0, 0.05) is 36.8 Å². The van der Waals surface area contributed by atoms with Crippen LogP contribution in [0.1, 0.15) is 17.1 Å². The zero-order valence-corrected chi connectivity index (χ0v) is 12.5. The summed E-state index contributed by atoms with van der Waals surface area (Å²) in [5.74, 6) is 1.57. The fourth-order valence-corrected chi connectivity index (χ4v) is 2.74. The molecule has 7 heteroatoms. The molecule has 23 heavy (non-hydrogen) atoms. The topological polar surface area (TPSA) is 94.0 Å². The van der Waals surface area contributed by atoms with Gasteiger partial charge in [-0.05, 0) is 0 Å². The van der Waals surface area contributed by atoms with E-state index in [4.69, 9.17) is 10.3 Å². The zero-order chi connectivity index (χ0) is 15.6. The summed E-state index contributed by atoms with van der Waals surface area (Å²) in [6.45, 7) is 2.26. The average Bonchev–Trinajstić information content (AvgIpc) is 3.04. The summed E-state index contributed by atoms with van der Waals surface area (Å²) in [6.07, 6.45) is 2.65. The van der Waals surface area contributed by atoms with Crippen molar-refractivity contribution in [1.29, 1.82) is 0 Å². The van der Waals surface area contributed by atoms with Crippen LogP contribution in [0.4, 0.5) is 5.95 Å². The number of nitrogens with two attached hydrogens (primary N) is 1. The lowest BCUT2D eigenvalue weighted by Crippen LogP contribution is -2.31. The van der Waals surface area contributed by atoms with Crippen molar-refractivity contribution < 1.29 is 4.52 Å². The van der Waals surface area contributed by atoms with Crippen LogP contribution in [0.2, 0.25) is 0 Å². The highest BCUT2D eigenvalue weighted by Gasteiger charge is 2.20. The Balaban J connectivity index is 1.47. The summed E-state index contributed by atoms with van der Waals surface area (Å²) < 4.78 is 5.37. The van der Waals surface area contributed by atoms with E-state index >= 15 is 0 Å². The number of hydrogen-bond donors (Lipinski definition) is 1. The predicted octanol–water partition coefficient (Wildman–Crippen LogP) is 1.67. The third-order valence-corrected chi connectivity index (χ3v) is 3.89. The molecule has 0 atom stereocenters. The van der Waals surface area contributed by atoms with E-state index in [1.807, 2.05) is 30.3 Å². The van der Waals surface area contributed by atoms with Crippen LogP contribution in [0, 0.1) is 0 Å². The van der Waals surface area contributed by atoms with Gasteiger partial charge in [-0.15, -0.1) is 0 Å². The molecule has 1 aliphatic rings. The van der Waals surface area contributed by atoms with Crippen LogP contribution >= 0.6 is 0 Å². The standard InChI is InChI=1S/C16H16N6O/c17-16-18-8-12-9-22(7-6-13(12)19-16)10-14-20-15(21-23-14)11-4-2-1-3-5-11/h1-5,8H,6-7,9-10H2,(H2,17,18,19). The van der Waals surface area contributed by atoms with Crippen molar-refractivity contribution in [2.75, 3.05) is 12.3 Å². The highest BCUT2D eigenvalue weighted by Crippen LogP contribution is 2.20. The summed E-state index contributed by atoms with van der Waals surface area (Å²) >= 11 is 0. The van der Waals surface area contributed by atoms with Crippen LogP contribution in [0.3, 0.4) is 0 Å². The maximum atomic E-state index is 5.63. The minimum atomic E-state index is 0.335. The number of rotatable bonds is 3. The second-order valence-corrected chi connectivity index (χ2v) is 5.54. The second-order valence-electron chi connectivity index (χ2n) is 5.54. The molecule has 0 bridgehead atoms. The fraction of sp³-hybridized carbons (Fsp3) is 0.250. The smallest absolute Gasteiger partial charge is 0.241 e. The first-order valence-corrected chi connectivity index (χ1v) is 7.48. The molecular formula is C16H16N6O. The molecular weight excluding hydrogens is 292 g/mol. The molecule has 0 fully saturated rings. The van der Waals surface area contributed by atoms with Crippen molar-refractivity contribution in [2.24, 2.45) is 0 Å². The van der Waals surface area contributed by atoms with Gasteiger partial charge in [-0.25, -0.2) is 9.97 Å². The lowest BCUT2D eigenvalue weighted by Gasteiger charge is -2.26. The fourth-order valence-electron chi connectivity index (χ4n) is 2.74. The summed E-state index contributed by atoms with van der Waals surface area (Å²) in [5, 5.41) is 4.05. The first-order valence-electron chi connectivity index (χ1n) is 7.48. The summed E-state index contributed by atoms with van der Waals surface area (Å²) in [5.41, 5.74) is 8.72. The molecule has 3 aromatic rings. The molecule has 0 unspecified atom stereocenters. The molecule has 0 spiro atoms. The van der Waals surface area contributed by atoms with Crippen LogP contribution in [0.5, 0.6) is 0 Å². The largest absolute Gasteiger partial charge is 0.368 e. The quantitative estimate of drug-likeness (QED) is 0.786. The molecule has 0 amide bonds. The number of fused-ring (bicyclic) bond motifs is 1. The minimum Gasteiger partial charge on any atom is -0.368 e. The van der Waals surface area contributed by atoms with E-state index in [9.17, 15) is 0 Å². The van der Waals surface area contributed by atoms with Crippen molar-refractivity contribution in [3.63, 3.8) is 0 Å². The van der Waals surface area contributed by atoms with E-state index in [2.05, 4.69) is 25.0 Å². The van der Waals surface area contributed by atoms with Gasteiger partial charge < -0.3 is 10.3 Å². The van der Waals surface area contributed by atoms with Gasteiger partial charge in [0.1, 0.15) is 0 Å². The van der Waals surface area contributed by atoms with E-state index in [-0.39, 0.29) is 0 Å².